The standard InChI is InChI=1S/C24H26N6O5S/c1-15-7-8-16(2)19(12-15)33-11-5-10-26-24(31)30-29-22-20(35-36(3)32)13-17(14-27-22)23-28-21-18(34-23)6-4-9-25-21/h4,6-9,12-14H,5,10-11H2,1-3H3,(H,27,29)(H2,26,30,31). The minimum atomic E-state index is -1.63. The fourth-order valence-corrected chi connectivity index (χ4v) is 3.60. The van der Waals surface area contributed by atoms with Gasteiger partial charge in [-0.3, -0.25) is 10.9 Å². The molecule has 2 amide bonds. The molecule has 0 radical (unpaired) electrons. The number of benzene rings is 1. The third kappa shape index (κ3) is 6.48. The summed E-state index contributed by atoms with van der Waals surface area (Å²) in [4.78, 5) is 24.9. The molecule has 1 unspecified atom stereocenters. The number of oxazole rings is 1. The van der Waals surface area contributed by atoms with Crippen molar-refractivity contribution in [1.82, 2.24) is 25.7 Å². The molecule has 4 rings (SSSR count). The maximum atomic E-state index is 12.2. The number of aryl methyl sites for hydroxylation is 2. The van der Waals surface area contributed by atoms with Gasteiger partial charge in [0.2, 0.25) is 17.0 Å². The van der Waals surface area contributed by atoms with Gasteiger partial charge in [-0.2, -0.15) is 4.98 Å². The minimum absolute atomic E-state index is 0.144. The molecular formula is C24H26N6O5S. The predicted molar refractivity (Wildman–Crippen MR) is 136 cm³/mol. The topological polar surface area (TPSA) is 140 Å². The number of pyridine rings is 2. The van der Waals surface area contributed by atoms with Crippen LogP contribution in [0.15, 0.2) is 53.2 Å². The molecule has 3 N–H and O–H groups in total. The Morgan fingerprint density at radius 3 is 2.81 bits per heavy atom. The second kappa shape index (κ2) is 11.5. The zero-order chi connectivity index (χ0) is 25.5. The van der Waals surface area contributed by atoms with Gasteiger partial charge in [-0.1, -0.05) is 12.1 Å². The van der Waals surface area contributed by atoms with E-state index in [2.05, 4.69) is 31.1 Å². The van der Waals surface area contributed by atoms with Gasteiger partial charge in [0.15, 0.2) is 22.8 Å². The van der Waals surface area contributed by atoms with Crippen LogP contribution in [0, 0.1) is 13.8 Å². The minimum Gasteiger partial charge on any atom is -0.493 e. The van der Waals surface area contributed by atoms with Crippen LogP contribution < -0.4 is 25.1 Å². The summed E-state index contributed by atoms with van der Waals surface area (Å²) >= 11 is -1.63. The van der Waals surface area contributed by atoms with Crippen molar-refractivity contribution < 1.29 is 22.3 Å². The fraction of sp³-hybridized carbons (Fsp3) is 0.250. The van der Waals surface area contributed by atoms with E-state index in [1.54, 1.807) is 24.4 Å². The highest BCUT2D eigenvalue weighted by atomic mass is 32.2. The molecule has 0 bridgehead atoms. The number of hydrogen-bond acceptors (Lipinski definition) is 9. The zero-order valence-corrected chi connectivity index (χ0v) is 20.8. The van der Waals surface area contributed by atoms with E-state index in [9.17, 15) is 9.00 Å². The number of carbonyl (C=O) groups is 1. The molecule has 11 nitrogen and oxygen atoms in total. The molecule has 0 fully saturated rings. The molecule has 0 saturated carbocycles. The van der Waals surface area contributed by atoms with E-state index >= 15 is 0 Å². The Bertz CT molecular complexity index is 1360. The number of hydrogen-bond donors (Lipinski definition) is 3. The summed E-state index contributed by atoms with van der Waals surface area (Å²) in [6.07, 6.45) is 5.10. The van der Waals surface area contributed by atoms with E-state index in [0.717, 1.165) is 16.9 Å². The lowest BCUT2D eigenvalue weighted by atomic mass is 10.1. The van der Waals surface area contributed by atoms with Gasteiger partial charge in [0.1, 0.15) is 5.75 Å². The molecule has 1 aromatic carbocycles. The lowest BCUT2D eigenvalue weighted by Gasteiger charge is -2.13. The van der Waals surface area contributed by atoms with Gasteiger partial charge in [-0.15, -0.1) is 0 Å². The van der Waals surface area contributed by atoms with E-state index in [1.807, 2.05) is 32.0 Å². The van der Waals surface area contributed by atoms with Crippen molar-refractivity contribution in [2.75, 3.05) is 24.8 Å². The molecule has 0 spiro atoms. The van der Waals surface area contributed by atoms with Crippen LogP contribution in [-0.2, 0) is 11.1 Å². The number of nitrogens with one attached hydrogen (secondary N) is 3. The molecule has 12 heteroatoms. The van der Waals surface area contributed by atoms with Crippen molar-refractivity contribution in [2.45, 2.75) is 20.3 Å². The Morgan fingerprint density at radius 1 is 1.14 bits per heavy atom. The van der Waals surface area contributed by atoms with Crippen LogP contribution in [0.4, 0.5) is 10.6 Å². The van der Waals surface area contributed by atoms with Crippen LogP contribution in [0.3, 0.4) is 0 Å². The van der Waals surface area contributed by atoms with E-state index in [4.69, 9.17) is 13.3 Å². The average Bonchev–Trinajstić information content (AvgIpc) is 3.29. The van der Waals surface area contributed by atoms with E-state index in [-0.39, 0.29) is 17.5 Å². The molecule has 3 aromatic heterocycles. The van der Waals surface area contributed by atoms with Gasteiger partial charge in [0.05, 0.1) is 12.2 Å². The number of hydrazine groups is 1. The fourth-order valence-electron chi connectivity index (χ4n) is 3.22. The number of ether oxygens (including phenoxy) is 1. The summed E-state index contributed by atoms with van der Waals surface area (Å²) in [6, 6.07) is 10.6. The van der Waals surface area contributed by atoms with Gasteiger partial charge in [0.25, 0.3) is 0 Å². The average molecular weight is 511 g/mol. The highest BCUT2D eigenvalue weighted by Gasteiger charge is 2.15. The molecule has 36 heavy (non-hydrogen) atoms. The number of carbonyl (C=O) groups excluding carboxylic acids is 1. The van der Waals surface area contributed by atoms with Crippen LogP contribution >= 0.6 is 0 Å². The molecular weight excluding hydrogens is 484 g/mol. The second-order valence-corrected chi connectivity index (χ2v) is 8.85. The Balaban J connectivity index is 1.31. The Kier molecular flexibility index (Phi) is 7.95. The molecule has 0 saturated heterocycles. The third-order valence-electron chi connectivity index (χ3n) is 4.97. The van der Waals surface area contributed by atoms with Gasteiger partial charge < -0.3 is 18.7 Å². The van der Waals surface area contributed by atoms with E-state index < -0.39 is 17.1 Å². The Morgan fingerprint density at radius 2 is 2.00 bits per heavy atom. The zero-order valence-electron chi connectivity index (χ0n) is 20.0. The first-order chi connectivity index (χ1) is 17.4. The van der Waals surface area contributed by atoms with Crippen LogP contribution in [0.25, 0.3) is 22.7 Å². The quantitative estimate of drug-likeness (QED) is 0.215. The highest BCUT2D eigenvalue weighted by molar-refractivity contribution is 7.79. The van der Waals surface area contributed by atoms with Crippen molar-refractivity contribution >= 4 is 34.2 Å². The predicted octanol–water partition coefficient (Wildman–Crippen LogP) is 3.67. The largest absolute Gasteiger partial charge is 0.493 e. The Labute approximate surface area is 210 Å². The van der Waals surface area contributed by atoms with Crippen molar-refractivity contribution in [1.29, 1.82) is 0 Å². The van der Waals surface area contributed by atoms with Crippen molar-refractivity contribution in [3.63, 3.8) is 0 Å². The molecule has 188 valence electrons. The first kappa shape index (κ1) is 24.9. The summed E-state index contributed by atoms with van der Waals surface area (Å²) in [5.74, 6) is 1.43. The highest BCUT2D eigenvalue weighted by Crippen LogP contribution is 2.30. The first-order valence-electron chi connectivity index (χ1n) is 11.1. The Hall–Kier alpha value is -4.19. The molecule has 0 aliphatic heterocycles. The van der Waals surface area contributed by atoms with E-state index in [1.165, 1.54) is 12.5 Å². The van der Waals surface area contributed by atoms with Crippen LogP contribution in [0.1, 0.15) is 17.5 Å². The summed E-state index contributed by atoms with van der Waals surface area (Å²) < 4.78 is 28.6. The number of aromatic nitrogens is 3. The van der Waals surface area contributed by atoms with Crippen LogP contribution in [-0.4, -0.2) is 44.6 Å². The summed E-state index contributed by atoms with van der Waals surface area (Å²) in [5, 5.41) is 2.72. The first-order valence-corrected chi connectivity index (χ1v) is 12.6. The molecule has 0 aliphatic carbocycles. The number of amides is 2. The number of rotatable bonds is 10. The number of anilines is 1. The van der Waals surface area contributed by atoms with Crippen LogP contribution in [0.5, 0.6) is 11.5 Å². The summed E-state index contributed by atoms with van der Waals surface area (Å²) in [5.41, 5.74) is 8.82. The van der Waals surface area contributed by atoms with Gasteiger partial charge >= 0.3 is 6.03 Å². The monoisotopic (exact) mass is 510 g/mol. The normalized spacial score (nSPS) is 11.6. The van der Waals surface area contributed by atoms with Crippen molar-refractivity contribution in [3.8, 4) is 23.0 Å². The maximum Gasteiger partial charge on any atom is 0.333 e. The number of fused-ring (bicyclic) bond motifs is 1. The lowest BCUT2D eigenvalue weighted by molar-refractivity contribution is 0.241. The maximum absolute atomic E-state index is 12.2. The van der Waals surface area contributed by atoms with Gasteiger partial charge in [-0.25, -0.2) is 19.0 Å². The smallest absolute Gasteiger partial charge is 0.333 e. The van der Waals surface area contributed by atoms with E-state index in [0.29, 0.717) is 36.4 Å². The van der Waals surface area contributed by atoms with Gasteiger partial charge in [-0.05, 0) is 55.7 Å². The number of urea groups is 1. The molecule has 4 aromatic rings. The lowest BCUT2D eigenvalue weighted by Crippen LogP contribution is -2.40. The third-order valence-corrected chi connectivity index (χ3v) is 5.39. The van der Waals surface area contributed by atoms with Crippen molar-refractivity contribution in [3.05, 3.63) is 59.9 Å². The molecule has 3 heterocycles. The molecule has 0 aliphatic rings. The SMILES string of the molecule is Cc1ccc(C)c(OCCCNC(=O)NNc2ncc(-c3nc4ncccc4o3)cc2OS(C)=O)c1. The second-order valence-electron chi connectivity index (χ2n) is 7.88. The number of nitrogens with zero attached hydrogens (tertiary/aromatic N) is 3. The van der Waals surface area contributed by atoms with Crippen LogP contribution in [0.2, 0.25) is 0 Å². The van der Waals surface area contributed by atoms with Gasteiger partial charge in [0, 0.05) is 25.2 Å². The molecule has 1 atom stereocenters. The summed E-state index contributed by atoms with van der Waals surface area (Å²) in [7, 11) is 0. The van der Waals surface area contributed by atoms with Crippen molar-refractivity contribution in [2.24, 2.45) is 0 Å². The summed E-state index contributed by atoms with van der Waals surface area (Å²) in [6.45, 7) is 4.87.